The van der Waals surface area contributed by atoms with Gasteiger partial charge in [0.1, 0.15) is 5.82 Å². The standard InChI is InChI=1S/C20H25FN2/c1-15-4-2-6-20(22)19(15)14-23-11-3-5-17(13-23)12-16-7-9-18(21)10-8-16/h2,4,6-10,17H,3,5,11-14,22H2,1H3. The topological polar surface area (TPSA) is 29.3 Å². The molecule has 1 unspecified atom stereocenters. The van der Waals surface area contributed by atoms with Crippen LogP contribution in [0.15, 0.2) is 42.5 Å². The molecule has 1 saturated heterocycles. The highest BCUT2D eigenvalue weighted by molar-refractivity contribution is 5.50. The maximum atomic E-state index is 13.0. The van der Waals surface area contributed by atoms with Crippen molar-refractivity contribution in [2.24, 2.45) is 5.92 Å². The Morgan fingerprint density at radius 1 is 1.17 bits per heavy atom. The van der Waals surface area contributed by atoms with Crippen LogP contribution in [0.2, 0.25) is 0 Å². The van der Waals surface area contributed by atoms with Crippen molar-refractivity contribution in [1.82, 2.24) is 4.90 Å². The number of nitrogen functional groups attached to an aromatic ring is 1. The number of likely N-dealkylation sites (tertiary alicyclic amines) is 1. The summed E-state index contributed by atoms with van der Waals surface area (Å²) in [6, 6.07) is 13.1. The van der Waals surface area contributed by atoms with Gasteiger partial charge in [-0.3, -0.25) is 4.90 Å². The second kappa shape index (κ2) is 7.14. The Kier molecular flexibility index (Phi) is 4.97. The van der Waals surface area contributed by atoms with Crippen LogP contribution in [0.4, 0.5) is 10.1 Å². The molecule has 2 aromatic rings. The number of nitrogens with two attached hydrogens (primary N) is 1. The monoisotopic (exact) mass is 312 g/mol. The highest BCUT2D eigenvalue weighted by Crippen LogP contribution is 2.25. The number of aryl methyl sites for hydroxylation is 1. The first-order valence-corrected chi connectivity index (χ1v) is 8.42. The molecule has 0 aliphatic carbocycles. The summed E-state index contributed by atoms with van der Waals surface area (Å²) in [6.45, 7) is 5.28. The third-order valence-corrected chi connectivity index (χ3v) is 4.87. The van der Waals surface area contributed by atoms with Gasteiger partial charge in [-0.05, 0) is 73.5 Å². The molecule has 23 heavy (non-hydrogen) atoms. The average Bonchev–Trinajstić information content (AvgIpc) is 2.54. The SMILES string of the molecule is Cc1cccc(N)c1CN1CCCC(Cc2ccc(F)cc2)C1. The number of halogens is 1. The summed E-state index contributed by atoms with van der Waals surface area (Å²) in [5, 5.41) is 0. The Labute approximate surface area is 138 Å². The van der Waals surface area contributed by atoms with E-state index < -0.39 is 0 Å². The molecule has 1 atom stereocenters. The Hall–Kier alpha value is -1.87. The lowest BCUT2D eigenvalue weighted by atomic mass is 9.91. The molecule has 0 amide bonds. The fourth-order valence-electron chi connectivity index (χ4n) is 3.58. The predicted octanol–water partition coefficient (Wildman–Crippen LogP) is 4.17. The van der Waals surface area contributed by atoms with E-state index in [0.717, 1.165) is 31.7 Å². The normalized spacial score (nSPS) is 19.0. The molecule has 1 aliphatic rings. The average molecular weight is 312 g/mol. The number of anilines is 1. The third kappa shape index (κ3) is 4.11. The summed E-state index contributed by atoms with van der Waals surface area (Å²) >= 11 is 0. The summed E-state index contributed by atoms with van der Waals surface area (Å²) < 4.78 is 13.0. The summed E-state index contributed by atoms with van der Waals surface area (Å²) in [7, 11) is 0. The molecule has 2 aromatic carbocycles. The maximum absolute atomic E-state index is 13.0. The van der Waals surface area contributed by atoms with Gasteiger partial charge in [0, 0.05) is 18.8 Å². The van der Waals surface area contributed by atoms with Gasteiger partial charge in [-0.25, -0.2) is 4.39 Å². The summed E-state index contributed by atoms with van der Waals surface area (Å²) in [5.74, 6) is 0.480. The van der Waals surface area contributed by atoms with Crippen LogP contribution in [-0.4, -0.2) is 18.0 Å². The van der Waals surface area contributed by atoms with E-state index in [9.17, 15) is 4.39 Å². The number of hydrogen-bond donors (Lipinski definition) is 1. The number of piperidine rings is 1. The first kappa shape index (κ1) is 16.0. The molecule has 0 spiro atoms. The molecule has 0 radical (unpaired) electrons. The largest absolute Gasteiger partial charge is 0.398 e. The molecule has 1 heterocycles. The predicted molar refractivity (Wildman–Crippen MR) is 93.7 cm³/mol. The smallest absolute Gasteiger partial charge is 0.123 e. The van der Waals surface area contributed by atoms with Gasteiger partial charge in [0.15, 0.2) is 0 Å². The fourth-order valence-corrected chi connectivity index (χ4v) is 3.58. The third-order valence-electron chi connectivity index (χ3n) is 4.87. The zero-order chi connectivity index (χ0) is 16.2. The van der Waals surface area contributed by atoms with Crippen LogP contribution in [0, 0.1) is 18.7 Å². The first-order chi connectivity index (χ1) is 11.1. The Morgan fingerprint density at radius 2 is 1.96 bits per heavy atom. The summed E-state index contributed by atoms with van der Waals surface area (Å²) in [5.41, 5.74) is 10.8. The van der Waals surface area contributed by atoms with E-state index in [-0.39, 0.29) is 5.82 Å². The lowest BCUT2D eigenvalue weighted by Gasteiger charge is -2.33. The van der Waals surface area contributed by atoms with Crippen LogP contribution in [0.5, 0.6) is 0 Å². The molecule has 1 aliphatic heterocycles. The molecule has 0 bridgehead atoms. The minimum absolute atomic E-state index is 0.158. The van der Waals surface area contributed by atoms with Gasteiger partial charge in [0.05, 0.1) is 0 Å². The van der Waals surface area contributed by atoms with Gasteiger partial charge in [-0.2, -0.15) is 0 Å². The van der Waals surface area contributed by atoms with E-state index in [2.05, 4.69) is 17.9 Å². The highest BCUT2D eigenvalue weighted by atomic mass is 19.1. The van der Waals surface area contributed by atoms with Crippen molar-refractivity contribution < 1.29 is 4.39 Å². The zero-order valence-corrected chi connectivity index (χ0v) is 13.8. The first-order valence-electron chi connectivity index (χ1n) is 8.42. The minimum Gasteiger partial charge on any atom is -0.398 e. The number of benzene rings is 2. The van der Waals surface area contributed by atoms with E-state index in [1.807, 2.05) is 24.3 Å². The van der Waals surface area contributed by atoms with Crippen LogP contribution in [0.25, 0.3) is 0 Å². The van der Waals surface area contributed by atoms with Crippen molar-refractivity contribution >= 4 is 5.69 Å². The van der Waals surface area contributed by atoms with Gasteiger partial charge in [-0.1, -0.05) is 24.3 Å². The molecule has 122 valence electrons. The van der Waals surface area contributed by atoms with Gasteiger partial charge in [0.25, 0.3) is 0 Å². The van der Waals surface area contributed by atoms with E-state index in [0.29, 0.717) is 5.92 Å². The molecular formula is C20H25FN2. The van der Waals surface area contributed by atoms with Crippen LogP contribution in [0.3, 0.4) is 0 Å². The van der Waals surface area contributed by atoms with E-state index in [4.69, 9.17) is 5.73 Å². The van der Waals surface area contributed by atoms with Crippen molar-refractivity contribution in [3.05, 3.63) is 65.0 Å². The van der Waals surface area contributed by atoms with Gasteiger partial charge < -0.3 is 5.73 Å². The van der Waals surface area contributed by atoms with Crippen LogP contribution in [0.1, 0.15) is 29.5 Å². The van der Waals surface area contributed by atoms with Crippen molar-refractivity contribution in [1.29, 1.82) is 0 Å². The van der Waals surface area contributed by atoms with Crippen molar-refractivity contribution in [3.63, 3.8) is 0 Å². The molecule has 0 aromatic heterocycles. The molecular weight excluding hydrogens is 287 g/mol. The number of nitrogens with zero attached hydrogens (tertiary/aromatic N) is 1. The van der Waals surface area contributed by atoms with Crippen molar-refractivity contribution in [2.75, 3.05) is 18.8 Å². The quantitative estimate of drug-likeness (QED) is 0.859. The zero-order valence-electron chi connectivity index (χ0n) is 13.8. The Balaban J connectivity index is 1.63. The van der Waals surface area contributed by atoms with Crippen LogP contribution < -0.4 is 5.73 Å². The van der Waals surface area contributed by atoms with Crippen LogP contribution >= 0.6 is 0 Å². The number of hydrogen-bond acceptors (Lipinski definition) is 2. The molecule has 3 heteroatoms. The van der Waals surface area contributed by atoms with E-state index >= 15 is 0 Å². The van der Waals surface area contributed by atoms with Gasteiger partial charge >= 0.3 is 0 Å². The van der Waals surface area contributed by atoms with Crippen molar-refractivity contribution in [3.8, 4) is 0 Å². The summed E-state index contributed by atoms with van der Waals surface area (Å²) in [4.78, 5) is 2.51. The number of rotatable bonds is 4. The van der Waals surface area contributed by atoms with Crippen molar-refractivity contribution in [2.45, 2.75) is 32.7 Å². The molecule has 1 fully saturated rings. The van der Waals surface area contributed by atoms with E-state index in [1.165, 1.54) is 29.5 Å². The van der Waals surface area contributed by atoms with Gasteiger partial charge in [-0.15, -0.1) is 0 Å². The Morgan fingerprint density at radius 3 is 2.70 bits per heavy atom. The highest BCUT2D eigenvalue weighted by Gasteiger charge is 2.21. The second-order valence-electron chi connectivity index (χ2n) is 6.72. The lowest BCUT2D eigenvalue weighted by molar-refractivity contribution is 0.167. The molecule has 0 saturated carbocycles. The minimum atomic E-state index is -0.158. The fraction of sp³-hybridized carbons (Fsp3) is 0.400. The maximum Gasteiger partial charge on any atom is 0.123 e. The van der Waals surface area contributed by atoms with Crippen LogP contribution in [-0.2, 0) is 13.0 Å². The lowest BCUT2D eigenvalue weighted by Crippen LogP contribution is -2.36. The van der Waals surface area contributed by atoms with Gasteiger partial charge in [0.2, 0.25) is 0 Å². The summed E-state index contributed by atoms with van der Waals surface area (Å²) in [6.07, 6.45) is 3.49. The molecule has 3 rings (SSSR count). The molecule has 2 nitrogen and oxygen atoms in total. The second-order valence-corrected chi connectivity index (χ2v) is 6.72. The molecule has 2 N–H and O–H groups in total. The Bertz CT molecular complexity index is 631. The van der Waals surface area contributed by atoms with E-state index in [1.54, 1.807) is 12.1 Å².